The van der Waals surface area contributed by atoms with E-state index in [4.69, 9.17) is 4.99 Å². The summed E-state index contributed by atoms with van der Waals surface area (Å²) in [6, 6.07) is 44.0. The maximum Gasteiger partial charge on any atom is 0.131 e. The van der Waals surface area contributed by atoms with Crippen LogP contribution >= 0.6 is 0 Å². The van der Waals surface area contributed by atoms with E-state index < -0.39 is 0 Å². The van der Waals surface area contributed by atoms with Crippen molar-refractivity contribution in [3.8, 4) is 22.3 Å². The number of hydrogen-bond acceptors (Lipinski definition) is 3. The molecule has 0 radical (unpaired) electrons. The summed E-state index contributed by atoms with van der Waals surface area (Å²) in [5, 5.41) is 7.53. The molecule has 3 aliphatic rings. The second-order valence-electron chi connectivity index (χ2n) is 12.8. The summed E-state index contributed by atoms with van der Waals surface area (Å²) < 4.78 is 0. The maximum atomic E-state index is 5.24. The average Bonchev–Trinajstić information content (AvgIpc) is 3.34. The van der Waals surface area contributed by atoms with Crippen molar-refractivity contribution in [2.45, 2.75) is 44.4 Å². The van der Waals surface area contributed by atoms with Crippen molar-refractivity contribution >= 4 is 11.4 Å². The normalized spacial score (nSPS) is 19.6. The Kier molecular flexibility index (Phi) is 6.84. The predicted octanol–water partition coefficient (Wildman–Crippen LogP) is 9.73. The van der Waals surface area contributed by atoms with Crippen LogP contribution < -0.4 is 10.6 Å². The zero-order valence-electron chi connectivity index (χ0n) is 25.8. The van der Waals surface area contributed by atoms with E-state index in [2.05, 4.69) is 164 Å². The Morgan fingerprint density at radius 3 is 2.00 bits per heavy atom. The van der Waals surface area contributed by atoms with Crippen LogP contribution in [0.3, 0.4) is 0 Å². The van der Waals surface area contributed by atoms with Crippen molar-refractivity contribution in [2.75, 3.05) is 0 Å². The molecule has 45 heavy (non-hydrogen) atoms. The van der Waals surface area contributed by atoms with Gasteiger partial charge in [0.1, 0.15) is 18.2 Å². The third kappa shape index (κ3) is 5.04. The lowest BCUT2D eigenvalue weighted by Gasteiger charge is -2.33. The molecule has 0 spiro atoms. The molecular formula is C42H37N3. The average molecular weight is 584 g/mol. The van der Waals surface area contributed by atoms with Crippen LogP contribution in [0.2, 0.25) is 0 Å². The highest BCUT2D eigenvalue weighted by molar-refractivity contribution is 5.99. The monoisotopic (exact) mass is 583 g/mol. The van der Waals surface area contributed by atoms with Gasteiger partial charge in [0, 0.05) is 11.0 Å². The standard InChI is InChI=1S/C42H37N3/c1-42(2)37-26-33(29-14-8-4-9-15-29)22-24-35(37)36-25-23-34(27-38(36)42)41-44-39(31-16-10-5-11-17-31)43-40(45-41)32-20-18-30(19-21-32)28-12-6-3-7-13-28/h3-6,8-12,14-27,40-41,45H,7,13H2,1-2H3,(H,43,44). The Morgan fingerprint density at radius 1 is 0.644 bits per heavy atom. The Labute approximate surface area is 266 Å². The molecule has 1 heterocycles. The van der Waals surface area contributed by atoms with Crippen LogP contribution in [0.4, 0.5) is 0 Å². The highest BCUT2D eigenvalue weighted by Crippen LogP contribution is 2.50. The van der Waals surface area contributed by atoms with Gasteiger partial charge >= 0.3 is 0 Å². The second-order valence-corrected chi connectivity index (χ2v) is 12.8. The molecule has 0 fully saturated rings. The number of amidine groups is 1. The number of rotatable bonds is 5. The first-order valence-corrected chi connectivity index (χ1v) is 16.0. The van der Waals surface area contributed by atoms with Gasteiger partial charge in [-0.1, -0.05) is 147 Å². The van der Waals surface area contributed by atoms with Gasteiger partial charge < -0.3 is 5.32 Å². The molecule has 3 nitrogen and oxygen atoms in total. The van der Waals surface area contributed by atoms with E-state index in [1.807, 2.05) is 0 Å². The number of allylic oxidation sites excluding steroid dienone is 4. The van der Waals surface area contributed by atoms with Crippen molar-refractivity contribution in [2.24, 2.45) is 4.99 Å². The molecule has 2 aliphatic carbocycles. The number of fused-ring (bicyclic) bond motifs is 3. The number of aliphatic imine (C=N–C) groups is 1. The van der Waals surface area contributed by atoms with E-state index in [0.29, 0.717) is 0 Å². The van der Waals surface area contributed by atoms with Crippen LogP contribution in [0.5, 0.6) is 0 Å². The minimum absolute atomic E-state index is 0.0797. The first-order chi connectivity index (χ1) is 22.0. The van der Waals surface area contributed by atoms with E-state index >= 15 is 0 Å². The molecule has 8 rings (SSSR count). The quantitative estimate of drug-likeness (QED) is 0.216. The van der Waals surface area contributed by atoms with E-state index in [1.165, 1.54) is 55.6 Å². The Balaban J connectivity index is 1.14. The smallest absolute Gasteiger partial charge is 0.131 e. The molecule has 2 N–H and O–H groups in total. The summed E-state index contributed by atoms with van der Waals surface area (Å²) in [5.41, 5.74) is 13.9. The summed E-state index contributed by atoms with van der Waals surface area (Å²) in [5.74, 6) is 0.907. The van der Waals surface area contributed by atoms with Gasteiger partial charge in [0.2, 0.25) is 0 Å². The zero-order chi connectivity index (χ0) is 30.4. The molecule has 5 aromatic carbocycles. The lowest BCUT2D eigenvalue weighted by molar-refractivity contribution is 0.408. The van der Waals surface area contributed by atoms with Gasteiger partial charge in [-0.25, -0.2) is 4.99 Å². The number of nitrogens with zero attached hydrogens (tertiary/aromatic N) is 1. The first kappa shape index (κ1) is 27.6. The Morgan fingerprint density at radius 2 is 1.29 bits per heavy atom. The molecule has 220 valence electrons. The molecule has 0 bridgehead atoms. The van der Waals surface area contributed by atoms with Crippen LogP contribution in [0.25, 0.3) is 27.8 Å². The third-order valence-corrected chi connectivity index (χ3v) is 9.66. The molecule has 0 saturated heterocycles. The van der Waals surface area contributed by atoms with Crippen molar-refractivity contribution in [1.82, 2.24) is 10.6 Å². The van der Waals surface area contributed by atoms with Gasteiger partial charge in [0.25, 0.3) is 0 Å². The maximum absolute atomic E-state index is 5.24. The highest BCUT2D eigenvalue weighted by Gasteiger charge is 2.37. The molecule has 2 atom stereocenters. The number of hydrogen-bond donors (Lipinski definition) is 2. The minimum Gasteiger partial charge on any atom is -0.350 e. The van der Waals surface area contributed by atoms with Gasteiger partial charge in [-0.3, -0.25) is 5.32 Å². The van der Waals surface area contributed by atoms with E-state index in [0.717, 1.165) is 24.2 Å². The highest BCUT2D eigenvalue weighted by atomic mass is 15.3. The summed E-state index contributed by atoms with van der Waals surface area (Å²) in [6.45, 7) is 4.71. The van der Waals surface area contributed by atoms with E-state index in [1.54, 1.807) is 0 Å². The second kappa shape index (κ2) is 11.2. The molecule has 0 amide bonds. The summed E-state index contributed by atoms with van der Waals surface area (Å²) in [7, 11) is 0. The largest absolute Gasteiger partial charge is 0.350 e. The zero-order valence-corrected chi connectivity index (χ0v) is 25.8. The van der Waals surface area contributed by atoms with Crippen molar-refractivity contribution < 1.29 is 0 Å². The van der Waals surface area contributed by atoms with Crippen LogP contribution in [-0.4, -0.2) is 5.84 Å². The van der Waals surface area contributed by atoms with E-state index in [9.17, 15) is 0 Å². The van der Waals surface area contributed by atoms with Crippen molar-refractivity contribution in [3.05, 3.63) is 173 Å². The van der Waals surface area contributed by atoms with Crippen LogP contribution in [0.15, 0.2) is 145 Å². The van der Waals surface area contributed by atoms with Crippen molar-refractivity contribution in [3.63, 3.8) is 0 Å². The molecule has 1 aliphatic heterocycles. The lowest BCUT2D eigenvalue weighted by atomic mass is 9.81. The fourth-order valence-corrected chi connectivity index (χ4v) is 7.11. The topological polar surface area (TPSA) is 36.4 Å². The molecule has 5 aromatic rings. The van der Waals surface area contributed by atoms with Gasteiger partial charge in [0.05, 0.1) is 0 Å². The first-order valence-electron chi connectivity index (χ1n) is 16.0. The number of nitrogens with one attached hydrogen (secondary N) is 2. The molecular weight excluding hydrogens is 546 g/mol. The SMILES string of the molecule is CC1(C)c2cc(-c3ccccc3)ccc2-c2ccc(C3N=C(c4ccccc4)NC(c4ccc(C5=CC=CCC5)cc4)N3)cc21. The lowest BCUT2D eigenvalue weighted by Crippen LogP contribution is -2.45. The molecule has 2 unspecified atom stereocenters. The summed E-state index contributed by atoms with van der Waals surface area (Å²) in [6.07, 6.45) is 8.57. The molecule has 0 saturated carbocycles. The fourth-order valence-electron chi connectivity index (χ4n) is 7.11. The van der Waals surface area contributed by atoms with E-state index in [-0.39, 0.29) is 17.7 Å². The number of benzene rings is 5. The Bertz CT molecular complexity index is 1960. The molecule has 3 heteroatoms. The van der Waals surface area contributed by atoms with Gasteiger partial charge in [-0.15, -0.1) is 0 Å². The van der Waals surface area contributed by atoms with Gasteiger partial charge in [0.15, 0.2) is 0 Å². The van der Waals surface area contributed by atoms with Crippen LogP contribution in [0.1, 0.15) is 72.4 Å². The predicted molar refractivity (Wildman–Crippen MR) is 187 cm³/mol. The third-order valence-electron chi connectivity index (χ3n) is 9.66. The van der Waals surface area contributed by atoms with Crippen molar-refractivity contribution in [1.29, 1.82) is 0 Å². The minimum atomic E-state index is -0.193. The Hall–Kier alpha value is -4.99. The van der Waals surface area contributed by atoms with Crippen LogP contribution in [0, 0.1) is 0 Å². The molecule has 0 aromatic heterocycles. The fraction of sp³-hybridized carbons (Fsp3) is 0.167. The summed E-state index contributed by atoms with van der Waals surface area (Å²) >= 11 is 0. The summed E-state index contributed by atoms with van der Waals surface area (Å²) in [4.78, 5) is 5.24. The van der Waals surface area contributed by atoms with Gasteiger partial charge in [-0.05, 0) is 74.6 Å². The van der Waals surface area contributed by atoms with Crippen LogP contribution in [-0.2, 0) is 5.41 Å². The van der Waals surface area contributed by atoms with Gasteiger partial charge in [-0.2, -0.15) is 0 Å².